The minimum absolute atomic E-state index is 0.130. The fourth-order valence-corrected chi connectivity index (χ4v) is 9.40. The van der Waals surface area contributed by atoms with E-state index < -0.39 is 0 Å². The number of hydrogen-bond acceptors (Lipinski definition) is 7. The maximum atomic E-state index is 14.0. The van der Waals surface area contributed by atoms with Crippen molar-refractivity contribution in [3.05, 3.63) is 53.8 Å². The van der Waals surface area contributed by atoms with Crippen LogP contribution in [0.2, 0.25) is 0 Å². The Morgan fingerprint density at radius 2 is 1.93 bits per heavy atom. The molecule has 5 fully saturated rings. The number of rotatable bonds is 8. The van der Waals surface area contributed by atoms with Gasteiger partial charge in [-0.25, -0.2) is 9.97 Å². The SMILES string of the molecule is COc1cc(C(=O)N2CC3CC4CC2[C@H]43)cc2nc(-c3cc4cccnc4n3CC3CC3)n(CC3CN(c4cncs4)C3)c12. The van der Waals surface area contributed by atoms with Crippen LogP contribution in [0.3, 0.4) is 0 Å². The molecule has 10 heteroatoms. The van der Waals surface area contributed by atoms with Crippen LogP contribution in [0.5, 0.6) is 5.75 Å². The Morgan fingerprint density at radius 3 is 2.70 bits per heavy atom. The zero-order chi connectivity index (χ0) is 29.1. The number of hydrogen-bond donors (Lipinski definition) is 0. The number of likely N-dealkylation sites (tertiary alicyclic amines) is 1. The molecule has 44 heavy (non-hydrogen) atoms. The fraction of sp³-hybridized carbons (Fsp3) is 0.471. The number of amides is 1. The Bertz CT molecular complexity index is 1940. The molecule has 5 aromatic rings. The largest absolute Gasteiger partial charge is 0.494 e. The van der Waals surface area contributed by atoms with Gasteiger partial charge in [0.15, 0.2) is 5.82 Å². The van der Waals surface area contributed by atoms with Gasteiger partial charge in [-0.05, 0) is 79.7 Å². The number of ether oxygens (including phenoxy) is 1. The zero-order valence-electron chi connectivity index (χ0n) is 24.8. The lowest BCUT2D eigenvalue weighted by atomic mass is 9.53. The van der Waals surface area contributed by atoms with Crippen LogP contribution in [-0.2, 0) is 13.1 Å². The number of thiazole rings is 1. The van der Waals surface area contributed by atoms with E-state index in [1.807, 2.05) is 36.1 Å². The van der Waals surface area contributed by atoms with Gasteiger partial charge in [0.05, 0.1) is 30.0 Å². The number of methoxy groups -OCH3 is 1. The Morgan fingerprint density at radius 1 is 1.05 bits per heavy atom. The number of nitrogens with zero attached hydrogens (tertiary/aromatic N) is 7. The molecule has 1 amide bonds. The quantitative estimate of drug-likeness (QED) is 0.231. The third kappa shape index (κ3) is 3.69. The summed E-state index contributed by atoms with van der Waals surface area (Å²) in [5.41, 5.74) is 6.49. The van der Waals surface area contributed by atoms with Crippen molar-refractivity contribution in [3.8, 4) is 17.3 Å². The Balaban J connectivity index is 1.09. The van der Waals surface area contributed by atoms with Crippen LogP contribution >= 0.6 is 11.3 Å². The summed E-state index contributed by atoms with van der Waals surface area (Å²) in [7, 11) is 1.72. The van der Waals surface area contributed by atoms with E-state index in [-0.39, 0.29) is 5.91 Å². The molecule has 3 aliphatic carbocycles. The van der Waals surface area contributed by atoms with Crippen molar-refractivity contribution in [1.82, 2.24) is 29.0 Å². The predicted octanol–water partition coefficient (Wildman–Crippen LogP) is 5.54. The van der Waals surface area contributed by atoms with E-state index >= 15 is 0 Å². The van der Waals surface area contributed by atoms with Crippen molar-refractivity contribution >= 4 is 44.3 Å². The normalized spacial score (nSPS) is 25.7. The van der Waals surface area contributed by atoms with Crippen LogP contribution in [0.4, 0.5) is 5.00 Å². The molecule has 5 aliphatic rings. The average Bonchev–Trinajstić information content (AvgIpc) is 3.32. The molecule has 10 rings (SSSR count). The smallest absolute Gasteiger partial charge is 0.254 e. The van der Waals surface area contributed by atoms with Gasteiger partial charge in [0.1, 0.15) is 21.9 Å². The van der Waals surface area contributed by atoms with E-state index in [4.69, 9.17) is 14.7 Å². The molecular formula is C34H35N7O2S. The lowest BCUT2D eigenvalue weighted by Gasteiger charge is -2.52. The summed E-state index contributed by atoms with van der Waals surface area (Å²) in [5.74, 6) is 5.23. The van der Waals surface area contributed by atoms with Gasteiger partial charge in [-0.15, -0.1) is 11.3 Å². The lowest BCUT2D eigenvalue weighted by molar-refractivity contribution is -0.0204. The second-order valence-electron chi connectivity index (χ2n) is 13.8. The van der Waals surface area contributed by atoms with Crippen LogP contribution in [-0.4, -0.2) is 67.7 Å². The fourth-order valence-electron chi connectivity index (χ4n) is 8.75. The van der Waals surface area contributed by atoms with Gasteiger partial charge in [0, 0.05) is 61.8 Å². The first kappa shape index (κ1) is 25.4. The minimum atomic E-state index is 0.130. The molecule has 4 aromatic heterocycles. The molecule has 3 saturated carbocycles. The van der Waals surface area contributed by atoms with Crippen LogP contribution in [0.25, 0.3) is 33.6 Å². The molecule has 0 spiro atoms. The van der Waals surface area contributed by atoms with Gasteiger partial charge in [-0.3, -0.25) is 9.78 Å². The average molecular weight is 606 g/mol. The molecule has 9 nitrogen and oxygen atoms in total. The molecule has 2 aliphatic heterocycles. The first-order valence-electron chi connectivity index (χ1n) is 16.1. The number of anilines is 1. The highest BCUT2D eigenvalue weighted by atomic mass is 32.1. The van der Waals surface area contributed by atoms with E-state index in [1.54, 1.807) is 18.4 Å². The van der Waals surface area contributed by atoms with Crippen LogP contribution in [0.1, 0.15) is 36.0 Å². The van der Waals surface area contributed by atoms with E-state index in [1.165, 1.54) is 30.7 Å². The third-order valence-electron chi connectivity index (χ3n) is 11.2. The van der Waals surface area contributed by atoms with Crippen LogP contribution < -0.4 is 9.64 Å². The number of pyridine rings is 1. The standard InChI is InChI=1S/C34H35N7O2S/c1-43-28-11-23(34(42)40-17-24-7-22-10-26(40)30(22)24)8-25-31(28)41(16-20-13-38(14-20)29-12-35-18-44-29)33(37-25)27-9-21-3-2-6-36-32(21)39(27)15-19-4-5-19/h2-3,6,8-9,11-12,18-20,22,24,26,30H,4-5,7,10,13-17H2,1H3/t22?,24?,26?,30-/m1/s1. The molecule has 0 N–H and O–H groups in total. The van der Waals surface area contributed by atoms with Crippen molar-refractivity contribution in [1.29, 1.82) is 0 Å². The summed E-state index contributed by atoms with van der Waals surface area (Å²) < 4.78 is 10.8. The topological polar surface area (TPSA) is 81.3 Å². The molecule has 224 valence electrons. The minimum Gasteiger partial charge on any atom is -0.494 e. The predicted molar refractivity (Wildman–Crippen MR) is 170 cm³/mol. The number of carbonyl (C=O) groups excluding carboxylic acids is 1. The van der Waals surface area contributed by atoms with E-state index in [9.17, 15) is 4.79 Å². The molecule has 2 saturated heterocycles. The molecule has 6 heterocycles. The van der Waals surface area contributed by atoms with Gasteiger partial charge in [-0.1, -0.05) is 0 Å². The molecular weight excluding hydrogens is 570 g/mol. The van der Waals surface area contributed by atoms with Gasteiger partial charge >= 0.3 is 0 Å². The second kappa shape index (κ2) is 9.30. The van der Waals surface area contributed by atoms with Gasteiger partial charge in [0.2, 0.25) is 0 Å². The van der Waals surface area contributed by atoms with E-state index in [2.05, 4.69) is 36.1 Å². The maximum Gasteiger partial charge on any atom is 0.254 e. The van der Waals surface area contributed by atoms with E-state index in [0.29, 0.717) is 29.4 Å². The lowest BCUT2D eigenvalue weighted by Crippen LogP contribution is -2.53. The number of imidazole rings is 1. The number of carbonyl (C=O) groups is 1. The summed E-state index contributed by atoms with van der Waals surface area (Å²) in [6.07, 6.45) is 8.83. The molecule has 1 aromatic carbocycles. The van der Waals surface area contributed by atoms with Crippen molar-refractivity contribution < 1.29 is 9.53 Å². The number of fused-ring (bicyclic) bond motifs is 2. The zero-order valence-corrected chi connectivity index (χ0v) is 25.6. The Labute approximate surface area is 259 Å². The van der Waals surface area contributed by atoms with Crippen LogP contribution in [0.15, 0.2) is 48.2 Å². The van der Waals surface area contributed by atoms with Crippen molar-refractivity contribution in [2.24, 2.45) is 29.6 Å². The monoisotopic (exact) mass is 605 g/mol. The van der Waals surface area contributed by atoms with Gasteiger partial charge in [-0.2, -0.15) is 0 Å². The molecule has 0 bridgehead atoms. The summed E-state index contributed by atoms with van der Waals surface area (Å²) in [4.78, 5) is 32.9. The Kier molecular flexibility index (Phi) is 5.37. The molecule has 4 atom stereocenters. The van der Waals surface area contributed by atoms with Crippen LogP contribution in [0, 0.1) is 29.6 Å². The van der Waals surface area contributed by atoms with Gasteiger partial charge in [0.25, 0.3) is 5.91 Å². The number of aromatic nitrogens is 5. The molecule has 0 radical (unpaired) electrons. The second-order valence-corrected chi connectivity index (χ2v) is 14.7. The maximum absolute atomic E-state index is 14.0. The van der Waals surface area contributed by atoms with Crippen molar-refractivity contribution in [2.75, 3.05) is 31.6 Å². The highest BCUT2D eigenvalue weighted by Crippen LogP contribution is 2.60. The summed E-state index contributed by atoms with van der Waals surface area (Å²) >= 11 is 1.69. The van der Waals surface area contributed by atoms with Crippen molar-refractivity contribution in [2.45, 2.75) is 44.8 Å². The van der Waals surface area contributed by atoms with Gasteiger partial charge < -0.3 is 23.7 Å². The number of benzene rings is 1. The summed E-state index contributed by atoms with van der Waals surface area (Å²) in [5, 5.41) is 2.36. The molecule has 3 unspecified atom stereocenters. The summed E-state index contributed by atoms with van der Waals surface area (Å²) in [6.45, 7) is 4.63. The highest BCUT2D eigenvalue weighted by molar-refractivity contribution is 7.13. The first-order chi connectivity index (χ1) is 21.6. The Hall–Kier alpha value is -3.92. The third-order valence-corrected chi connectivity index (χ3v) is 12.0. The first-order valence-corrected chi connectivity index (χ1v) is 17.0. The van der Waals surface area contributed by atoms with E-state index in [0.717, 1.165) is 83.9 Å². The van der Waals surface area contributed by atoms with Crippen molar-refractivity contribution in [3.63, 3.8) is 0 Å². The highest BCUT2D eigenvalue weighted by Gasteiger charge is 2.61. The summed E-state index contributed by atoms with van der Waals surface area (Å²) in [6, 6.07) is 10.8.